The van der Waals surface area contributed by atoms with Crippen LogP contribution in [0.4, 0.5) is 0 Å². The van der Waals surface area contributed by atoms with Crippen LogP contribution in [0, 0.1) is 0 Å². The topological polar surface area (TPSA) is 71.4 Å². The highest BCUT2D eigenvalue weighted by Gasteiger charge is 2.31. The van der Waals surface area contributed by atoms with Gasteiger partial charge in [0.15, 0.2) is 0 Å². The number of benzene rings is 1. The second kappa shape index (κ2) is 7.01. The molecule has 1 aromatic carbocycles. The Morgan fingerprint density at radius 2 is 2.00 bits per heavy atom. The molecule has 0 bridgehead atoms. The van der Waals surface area contributed by atoms with Crippen LogP contribution in [-0.4, -0.2) is 43.4 Å². The number of nitrogens with zero attached hydrogens (tertiary/aromatic N) is 2. The van der Waals surface area contributed by atoms with Crippen LogP contribution in [0.2, 0.25) is 0 Å². The van der Waals surface area contributed by atoms with Gasteiger partial charge < -0.3 is 9.47 Å². The number of likely N-dealkylation sites (tertiary alicyclic amines) is 1. The fourth-order valence-corrected chi connectivity index (χ4v) is 4.16. The maximum absolute atomic E-state index is 13.0. The van der Waals surface area contributed by atoms with Gasteiger partial charge in [-0.2, -0.15) is 0 Å². The molecule has 134 valence electrons. The van der Waals surface area contributed by atoms with Gasteiger partial charge in [0.1, 0.15) is 10.6 Å². The lowest BCUT2D eigenvalue weighted by Crippen LogP contribution is -2.37. The van der Waals surface area contributed by atoms with Crippen LogP contribution < -0.4 is 4.72 Å². The zero-order chi connectivity index (χ0) is 18.0. The van der Waals surface area contributed by atoms with E-state index in [0.29, 0.717) is 12.2 Å². The lowest BCUT2D eigenvalue weighted by Gasteiger charge is -2.25. The second-order valence-corrected chi connectivity index (χ2v) is 8.25. The van der Waals surface area contributed by atoms with E-state index in [1.54, 1.807) is 11.6 Å². The Morgan fingerprint density at radius 1 is 1.28 bits per heavy atom. The number of sulfonamides is 1. The Morgan fingerprint density at radius 3 is 2.68 bits per heavy atom. The van der Waals surface area contributed by atoms with Crippen molar-refractivity contribution in [1.82, 2.24) is 14.2 Å². The van der Waals surface area contributed by atoms with Crippen molar-refractivity contribution in [3.05, 3.63) is 53.9 Å². The van der Waals surface area contributed by atoms with E-state index in [1.165, 1.54) is 24.9 Å². The summed E-state index contributed by atoms with van der Waals surface area (Å²) in [5.41, 5.74) is 1.60. The first-order valence-corrected chi connectivity index (χ1v) is 9.85. The molecule has 1 aromatic heterocycles. The largest absolute Gasteiger partial charge is 0.345 e. The zero-order valence-electron chi connectivity index (χ0n) is 14.5. The zero-order valence-corrected chi connectivity index (χ0v) is 15.3. The normalized spacial score (nSPS) is 17.8. The number of amides is 1. The van der Waals surface area contributed by atoms with Crippen molar-refractivity contribution in [2.75, 3.05) is 13.6 Å². The van der Waals surface area contributed by atoms with Gasteiger partial charge in [-0.05, 0) is 37.9 Å². The number of carbonyl (C=O) groups excluding carboxylic acids is 1. The maximum atomic E-state index is 13.0. The molecule has 1 fully saturated rings. The monoisotopic (exact) mass is 361 g/mol. The Labute approximate surface area is 148 Å². The summed E-state index contributed by atoms with van der Waals surface area (Å²) in [4.78, 5) is 15.0. The molecule has 0 spiro atoms. The molecule has 1 N–H and O–H groups in total. The highest BCUT2D eigenvalue weighted by molar-refractivity contribution is 7.89. The van der Waals surface area contributed by atoms with Gasteiger partial charge in [-0.15, -0.1) is 0 Å². The number of hydrogen-bond donors (Lipinski definition) is 1. The second-order valence-electron chi connectivity index (χ2n) is 6.36. The minimum Gasteiger partial charge on any atom is -0.345 e. The third-order valence-electron chi connectivity index (χ3n) is 4.73. The molecule has 1 amide bonds. The molecule has 7 heteroatoms. The van der Waals surface area contributed by atoms with Crippen LogP contribution in [0.15, 0.2) is 47.5 Å². The van der Waals surface area contributed by atoms with Crippen molar-refractivity contribution >= 4 is 15.9 Å². The highest BCUT2D eigenvalue weighted by atomic mass is 32.2. The molecule has 0 aliphatic carbocycles. The molecule has 25 heavy (non-hydrogen) atoms. The summed E-state index contributed by atoms with van der Waals surface area (Å²) in [6, 6.07) is 11.7. The number of nitrogens with one attached hydrogen (secondary N) is 1. The van der Waals surface area contributed by atoms with Crippen molar-refractivity contribution < 1.29 is 13.2 Å². The van der Waals surface area contributed by atoms with Gasteiger partial charge in [-0.3, -0.25) is 4.79 Å². The van der Waals surface area contributed by atoms with Crippen molar-refractivity contribution in [3.8, 4) is 0 Å². The molecule has 6 nitrogen and oxygen atoms in total. The molecular formula is C18H23N3O3S. The van der Waals surface area contributed by atoms with Crippen molar-refractivity contribution in [1.29, 1.82) is 0 Å². The summed E-state index contributed by atoms with van der Waals surface area (Å²) < 4.78 is 27.8. The van der Waals surface area contributed by atoms with Crippen LogP contribution >= 0.6 is 0 Å². The van der Waals surface area contributed by atoms with E-state index in [0.717, 1.165) is 19.3 Å². The van der Waals surface area contributed by atoms with E-state index in [9.17, 15) is 13.2 Å². The molecule has 1 aliphatic heterocycles. The Balaban J connectivity index is 1.82. The third kappa shape index (κ3) is 3.62. The van der Waals surface area contributed by atoms with Gasteiger partial charge in [-0.25, -0.2) is 13.1 Å². The maximum Gasteiger partial charge on any atom is 0.270 e. The SMILES string of the molecule is CNS(=O)(=O)c1cc(C(=O)N2CCC[C@@H]2Cc2ccccc2)n(C)c1. The van der Waals surface area contributed by atoms with Gasteiger partial charge in [0.05, 0.1) is 0 Å². The van der Waals surface area contributed by atoms with E-state index in [1.807, 2.05) is 23.1 Å². The number of rotatable bonds is 5. The summed E-state index contributed by atoms with van der Waals surface area (Å²) in [6.07, 6.45) is 4.22. The third-order valence-corrected chi connectivity index (χ3v) is 6.11. The molecule has 1 atom stereocenters. The first-order valence-electron chi connectivity index (χ1n) is 8.37. The minimum atomic E-state index is -3.56. The predicted molar refractivity (Wildman–Crippen MR) is 95.9 cm³/mol. The summed E-state index contributed by atoms with van der Waals surface area (Å²) in [6.45, 7) is 0.704. The van der Waals surface area contributed by atoms with Gasteiger partial charge in [0.25, 0.3) is 5.91 Å². The van der Waals surface area contributed by atoms with E-state index in [4.69, 9.17) is 0 Å². The highest BCUT2D eigenvalue weighted by Crippen LogP contribution is 2.24. The molecule has 1 aliphatic rings. The molecule has 2 heterocycles. The predicted octanol–water partition coefficient (Wildman–Crippen LogP) is 1.78. The van der Waals surface area contributed by atoms with E-state index < -0.39 is 10.0 Å². The smallest absolute Gasteiger partial charge is 0.270 e. The minimum absolute atomic E-state index is 0.111. The van der Waals surface area contributed by atoms with Crippen LogP contribution in [0.3, 0.4) is 0 Å². The van der Waals surface area contributed by atoms with Gasteiger partial charge in [0, 0.05) is 25.8 Å². The van der Waals surface area contributed by atoms with Crippen molar-refractivity contribution in [2.45, 2.75) is 30.2 Å². The number of carbonyl (C=O) groups is 1. The first-order chi connectivity index (χ1) is 11.9. The van der Waals surface area contributed by atoms with E-state index >= 15 is 0 Å². The van der Waals surface area contributed by atoms with Gasteiger partial charge >= 0.3 is 0 Å². The van der Waals surface area contributed by atoms with Gasteiger partial charge in [-0.1, -0.05) is 30.3 Å². The Kier molecular flexibility index (Phi) is 4.96. The quantitative estimate of drug-likeness (QED) is 0.882. The summed E-state index contributed by atoms with van der Waals surface area (Å²) in [5, 5.41) is 0. The lowest BCUT2D eigenvalue weighted by molar-refractivity contribution is 0.0727. The molecule has 3 rings (SSSR count). The summed E-state index contributed by atoms with van der Waals surface area (Å²) in [7, 11) is -0.501. The Bertz CT molecular complexity index is 859. The summed E-state index contributed by atoms with van der Waals surface area (Å²) in [5.74, 6) is -0.113. The van der Waals surface area contributed by atoms with E-state index in [-0.39, 0.29) is 16.8 Å². The summed E-state index contributed by atoms with van der Waals surface area (Å²) >= 11 is 0. The lowest BCUT2D eigenvalue weighted by atomic mass is 10.0. The molecule has 0 unspecified atom stereocenters. The molecular weight excluding hydrogens is 338 g/mol. The standard InChI is InChI=1S/C18H23N3O3S/c1-19-25(23,24)16-12-17(20(2)13-16)18(22)21-10-6-9-15(21)11-14-7-4-3-5-8-14/h3-5,7-8,12-13,15,19H,6,9-11H2,1-2H3/t15-/m1/s1. The molecule has 2 aromatic rings. The van der Waals surface area contributed by atoms with Gasteiger partial charge in [0.2, 0.25) is 10.0 Å². The fourth-order valence-electron chi connectivity index (χ4n) is 3.36. The van der Waals surface area contributed by atoms with E-state index in [2.05, 4.69) is 16.9 Å². The van der Waals surface area contributed by atoms with Crippen molar-refractivity contribution in [3.63, 3.8) is 0 Å². The average molecular weight is 361 g/mol. The first kappa shape index (κ1) is 17.7. The average Bonchev–Trinajstić information content (AvgIpc) is 3.22. The van der Waals surface area contributed by atoms with Crippen LogP contribution in [0.25, 0.3) is 0 Å². The fraction of sp³-hybridized carbons (Fsp3) is 0.389. The Hall–Kier alpha value is -2.12. The van der Waals surface area contributed by atoms with Crippen LogP contribution in [0.5, 0.6) is 0 Å². The van der Waals surface area contributed by atoms with Crippen LogP contribution in [-0.2, 0) is 23.5 Å². The number of hydrogen-bond acceptors (Lipinski definition) is 3. The number of aryl methyl sites for hydroxylation is 1. The number of aromatic nitrogens is 1. The molecule has 1 saturated heterocycles. The molecule has 0 saturated carbocycles. The van der Waals surface area contributed by atoms with Crippen LogP contribution in [0.1, 0.15) is 28.9 Å². The molecule has 0 radical (unpaired) electrons. The van der Waals surface area contributed by atoms with Crippen molar-refractivity contribution in [2.24, 2.45) is 7.05 Å².